The van der Waals surface area contributed by atoms with Crippen LogP contribution in [0.4, 0.5) is 5.82 Å². The molecule has 1 amide bonds. The van der Waals surface area contributed by atoms with Crippen molar-refractivity contribution in [2.45, 2.75) is 19.9 Å². The van der Waals surface area contributed by atoms with Gasteiger partial charge in [-0.1, -0.05) is 24.6 Å². The summed E-state index contributed by atoms with van der Waals surface area (Å²) in [4.78, 5) is 27.2. The van der Waals surface area contributed by atoms with E-state index in [1.165, 1.54) is 18.7 Å². The fourth-order valence-corrected chi connectivity index (χ4v) is 6.76. The zero-order valence-corrected chi connectivity index (χ0v) is 26.2. The summed E-state index contributed by atoms with van der Waals surface area (Å²) in [5.74, 6) is 9.29. The number of methoxy groups -OCH3 is 1. The van der Waals surface area contributed by atoms with E-state index in [9.17, 15) is 13.2 Å². The van der Waals surface area contributed by atoms with Crippen LogP contribution < -0.4 is 15.2 Å². The predicted molar refractivity (Wildman–Crippen MR) is 171 cm³/mol. The largest absolute Gasteiger partial charge is 0.493 e. The molecule has 2 fully saturated rings. The molecule has 0 bridgehead atoms. The minimum atomic E-state index is -3.18. The average molecular weight is 627 g/mol. The van der Waals surface area contributed by atoms with E-state index in [1.807, 2.05) is 40.7 Å². The van der Waals surface area contributed by atoms with E-state index in [4.69, 9.17) is 15.2 Å². The van der Waals surface area contributed by atoms with Crippen molar-refractivity contribution in [2.24, 2.45) is 17.8 Å². The van der Waals surface area contributed by atoms with Gasteiger partial charge in [-0.05, 0) is 60.9 Å². The number of aryl methyl sites for hydroxylation is 2. The quantitative estimate of drug-likeness (QED) is 0.216. The molecule has 3 aromatic heterocycles. The van der Waals surface area contributed by atoms with Gasteiger partial charge in [0, 0.05) is 49.1 Å². The Morgan fingerprint density at radius 1 is 1.18 bits per heavy atom. The molecule has 1 saturated carbocycles. The number of carbonyl (C=O) groups excluding carboxylic acids is 1. The SMILES string of the molecule is C=CC(=O)N1C[C@@H]2[C@@H](C#Cc3c(-c4ccc(Oc5cccc(C)n5)c(OC)c4)c4c(N)ncnc4n3CCCS(C)(=O)=O)[C@@H]2C1. The van der Waals surface area contributed by atoms with Crippen LogP contribution in [0.5, 0.6) is 17.4 Å². The van der Waals surface area contributed by atoms with Gasteiger partial charge in [-0.15, -0.1) is 0 Å². The van der Waals surface area contributed by atoms with Crippen molar-refractivity contribution in [2.75, 3.05) is 37.9 Å². The van der Waals surface area contributed by atoms with E-state index < -0.39 is 9.84 Å². The van der Waals surface area contributed by atoms with Gasteiger partial charge in [0.25, 0.3) is 0 Å². The smallest absolute Gasteiger partial charge is 0.245 e. The first kappa shape index (κ1) is 30.1. The topological polar surface area (TPSA) is 143 Å². The molecule has 1 aromatic carbocycles. The van der Waals surface area contributed by atoms with Crippen molar-refractivity contribution in [1.29, 1.82) is 0 Å². The Morgan fingerprint density at radius 2 is 1.96 bits per heavy atom. The second-order valence-corrected chi connectivity index (χ2v) is 13.7. The zero-order chi connectivity index (χ0) is 31.9. The maximum Gasteiger partial charge on any atom is 0.245 e. The lowest BCUT2D eigenvalue weighted by molar-refractivity contribution is -0.125. The molecule has 6 rings (SSSR count). The Morgan fingerprint density at radius 3 is 2.64 bits per heavy atom. The van der Waals surface area contributed by atoms with Crippen molar-refractivity contribution in [1.82, 2.24) is 24.4 Å². The van der Waals surface area contributed by atoms with Crippen LogP contribution in [0, 0.1) is 36.5 Å². The minimum absolute atomic E-state index is 0.0161. The summed E-state index contributed by atoms with van der Waals surface area (Å²) < 4.78 is 37.7. The normalized spacial score (nSPS) is 18.6. The third-order valence-corrected chi connectivity index (χ3v) is 9.36. The number of amides is 1. The van der Waals surface area contributed by atoms with Gasteiger partial charge in [-0.2, -0.15) is 0 Å². The number of nitrogen functional groups attached to an aromatic ring is 1. The number of carbonyl (C=O) groups is 1. The molecular weight excluding hydrogens is 592 g/mol. The molecule has 12 heteroatoms. The lowest BCUT2D eigenvalue weighted by Crippen LogP contribution is -2.29. The van der Waals surface area contributed by atoms with Crippen LogP contribution in [0.25, 0.3) is 22.2 Å². The van der Waals surface area contributed by atoms with E-state index in [0.717, 1.165) is 16.8 Å². The molecule has 3 atom stereocenters. The van der Waals surface area contributed by atoms with Gasteiger partial charge in [0.2, 0.25) is 11.8 Å². The fraction of sp³-hybridized carbons (Fsp3) is 0.333. The van der Waals surface area contributed by atoms with Crippen LogP contribution in [0.2, 0.25) is 0 Å². The lowest BCUT2D eigenvalue weighted by atomic mass is 10.0. The van der Waals surface area contributed by atoms with Gasteiger partial charge in [-0.25, -0.2) is 23.4 Å². The monoisotopic (exact) mass is 626 g/mol. The van der Waals surface area contributed by atoms with Crippen LogP contribution in [-0.4, -0.2) is 71.0 Å². The molecular formula is C33H34N6O5S. The van der Waals surface area contributed by atoms with Crippen LogP contribution in [0.3, 0.4) is 0 Å². The maximum absolute atomic E-state index is 12.1. The molecule has 4 aromatic rings. The van der Waals surface area contributed by atoms with Crippen LogP contribution in [-0.2, 0) is 21.2 Å². The number of hydrogen-bond acceptors (Lipinski definition) is 9. The first-order chi connectivity index (χ1) is 21.6. The summed E-state index contributed by atoms with van der Waals surface area (Å²) in [6.45, 7) is 7.16. The van der Waals surface area contributed by atoms with Gasteiger partial charge >= 0.3 is 0 Å². The number of nitrogens with two attached hydrogens (primary N) is 1. The Labute approximate surface area is 262 Å². The number of aromatic nitrogens is 4. The molecule has 2 aliphatic rings. The van der Waals surface area contributed by atoms with Crippen molar-refractivity contribution in [3.8, 4) is 40.3 Å². The number of pyridine rings is 1. The van der Waals surface area contributed by atoms with Crippen LogP contribution in [0.1, 0.15) is 17.8 Å². The molecule has 232 valence electrons. The number of benzene rings is 1. The van der Waals surface area contributed by atoms with Crippen LogP contribution in [0.15, 0.2) is 55.4 Å². The molecule has 0 unspecified atom stereocenters. The lowest BCUT2D eigenvalue weighted by Gasteiger charge is -2.16. The number of hydrogen-bond donors (Lipinski definition) is 1. The maximum atomic E-state index is 12.1. The number of sulfone groups is 1. The van der Waals surface area contributed by atoms with Crippen molar-refractivity contribution in [3.63, 3.8) is 0 Å². The number of likely N-dealkylation sites (tertiary alicyclic amines) is 1. The zero-order valence-electron chi connectivity index (χ0n) is 25.4. The summed E-state index contributed by atoms with van der Waals surface area (Å²) in [5, 5.41) is 0.621. The number of fused-ring (bicyclic) bond motifs is 2. The second kappa shape index (κ2) is 11.9. The first-order valence-electron chi connectivity index (χ1n) is 14.6. The molecule has 1 aliphatic carbocycles. The number of anilines is 1. The van der Waals surface area contributed by atoms with E-state index in [0.29, 0.717) is 72.0 Å². The molecule has 11 nitrogen and oxygen atoms in total. The van der Waals surface area contributed by atoms with Gasteiger partial charge < -0.3 is 24.7 Å². The van der Waals surface area contributed by atoms with E-state index in [-0.39, 0.29) is 23.4 Å². The molecule has 0 radical (unpaired) electrons. The van der Waals surface area contributed by atoms with Crippen molar-refractivity contribution in [3.05, 3.63) is 66.8 Å². The summed E-state index contributed by atoms with van der Waals surface area (Å²) in [7, 11) is -1.61. The Kier molecular flexibility index (Phi) is 7.97. The van der Waals surface area contributed by atoms with Crippen molar-refractivity contribution >= 4 is 32.6 Å². The Bertz CT molecular complexity index is 1980. The highest BCUT2D eigenvalue weighted by atomic mass is 32.2. The Hall–Kier alpha value is -4.89. The summed E-state index contributed by atoms with van der Waals surface area (Å²) in [5.41, 5.74) is 10.0. The number of rotatable bonds is 9. The third-order valence-electron chi connectivity index (χ3n) is 8.33. The highest BCUT2D eigenvalue weighted by Crippen LogP contribution is 2.51. The minimum Gasteiger partial charge on any atom is -0.493 e. The standard InChI is InChI=1S/C33H34N6O5S/c1-5-29(40)38-17-23-22(24(23)18-38)11-12-25-30(31-32(34)35-19-36-33(31)39(25)14-7-15-45(4,41)42)21-10-13-26(27(16-21)43-3)44-28-9-6-8-20(2)37-28/h5-6,8-10,13,16,19,22-24H,1,7,14-15,17-18H2,2-4H3,(H2,34,35,36)/t22-,23-,24+. The third kappa shape index (κ3) is 6.08. The molecule has 4 heterocycles. The summed E-state index contributed by atoms with van der Waals surface area (Å²) in [6.07, 6.45) is 4.34. The molecule has 0 spiro atoms. The predicted octanol–water partition coefficient (Wildman–Crippen LogP) is 3.86. The number of nitrogens with zero attached hydrogens (tertiary/aromatic N) is 5. The van der Waals surface area contributed by atoms with Gasteiger partial charge in [0.15, 0.2) is 11.5 Å². The van der Waals surface area contributed by atoms with Gasteiger partial charge in [-0.3, -0.25) is 4.79 Å². The molecule has 45 heavy (non-hydrogen) atoms. The number of ether oxygens (including phenoxy) is 2. The second-order valence-electron chi connectivity index (χ2n) is 11.5. The van der Waals surface area contributed by atoms with Gasteiger partial charge in [0.1, 0.15) is 33.3 Å². The first-order valence-corrected chi connectivity index (χ1v) is 16.7. The van der Waals surface area contributed by atoms with E-state index >= 15 is 0 Å². The average Bonchev–Trinajstić information content (AvgIpc) is 3.30. The highest BCUT2D eigenvalue weighted by Gasteiger charge is 2.55. The fourth-order valence-electron chi connectivity index (χ4n) is 6.10. The van der Waals surface area contributed by atoms with E-state index in [1.54, 1.807) is 19.2 Å². The number of piperidine rings is 1. The Balaban J connectivity index is 1.43. The van der Waals surface area contributed by atoms with E-state index in [2.05, 4.69) is 33.4 Å². The molecule has 1 saturated heterocycles. The van der Waals surface area contributed by atoms with Gasteiger partial charge in [0.05, 0.1) is 18.2 Å². The van der Waals surface area contributed by atoms with Crippen molar-refractivity contribution < 1.29 is 22.7 Å². The summed E-state index contributed by atoms with van der Waals surface area (Å²) in [6, 6.07) is 11.1. The van der Waals surface area contributed by atoms with Crippen LogP contribution >= 0.6 is 0 Å². The molecule has 2 N–H and O–H groups in total. The molecule has 1 aliphatic heterocycles. The summed E-state index contributed by atoms with van der Waals surface area (Å²) >= 11 is 0. The highest BCUT2D eigenvalue weighted by molar-refractivity contribution is 7.90.